The van der Waals surface area contributed by atoms with Gasteiger partial charge in [0.25, 0.3) is 11.5 Å². The van der Waals surface area contributed by atoms with Crippen molar-refractivity contribution >= 4 is 28.5 Å². The number of rotatable bonds is 5. The third-order valence-corrected chi connectivity index (χ3v) is 3.35. The standard InChI is InChI=1S/C16H14N4O5/c1-9-6-13(20-25-9)17-14(21)8-24-15(22)7-12-10-4-2-3-5-11(10)16(23)19-18-12/h2-6H,7-8H2,1H3,(H,19,23)(H,17,20,21). The molecule has 9 nitrogen and oxygen atoms in total. The Morgan fingerprint density at radius 1 is 1.28 bits per heavy atom. The largest absolute Gasteiger partial charge is 0.455 e. The Labute approximate surface area is 141 Å². The first-order valence-corrected chi connectivity index (χ1v) is 7.38. The van der Waals surface area contributed by atoms with Gasteiger partial charge >= 0.3 is 5.97 Å². The highest BCUT2D eigenvalue weighted by Crippen LogP contribution is 2.13. The van der Waals surface area contributed by atoms with Crippen LogP contribution in [-0.4, -0.2) is 33.8 Å². The quantitative estimate of drug-likeness (QED) is 0.661. The number of hydrogen-bond acceptors (Lipinski definition) is 7. The molecule has 0 fully saturated rings. The van der Waals surface area contributed by atoms with Crippen LogP contribution in [0, 0.1) is 6.92 Å². The summed E-state index contributed by atoms with van der Waals surface area (Å²) >= 11 is 0. The van der Waals surface area contributed by atoms with Gasteiger partial charge in [0.15, 0.2) is 12.4 Å². The van der Waals surface area contributed by atoms with Gasteiger partial charge in [-0.05, 0) is 13.0 Å². The first kappa shape index (κ1) is 16.4. The van der Waals surface area contributed by atoms with Crippen molar-refractivity contribution in [2.45, 2.75) is 13.3 Å². The predicted octanol–water partition coefficient (Wildman–Crippen LogP) is 0.944. The fraction of sp³-hybridized carbons (Fsp3) is 0.188. The molecule has 0 unspecified atom stereocenters. The van der Waals surface area contributed by atoms with Crippen LogP contribution in [0.25, 0.3) is 10.8 Å². The topological polar surface area (TPSA) is 127 Å². The normalized spacial score (nSPS) is 10.6. The molecule has 25 heavy (non-hydrogen) atoms. The van der Waals surface area contributed by atoms with Crippen LogP contribution in [0.1, 0.15) is 11.5 Å². The molecule has 0 aliphatic heterocycles. The Kier molecular flexibility index (Phi) is 4.55. The first-order chi connectivity index (χ1) is 12.0. The zero-order valence-corrected chi connectivity index (χ0v) is 13.2. The molecule has 0 bridgehead atoms. The lowest BCUT2D eigenvalue weighted by Crippen LogP contribution is -2.22. The summed E-state index contributed by atoms with van der Waals surface area (Å²) in [5.41, 5.74) is 0.0303. The molecule has 3 rings (SSSR count). The van der Waals surface area contributed by atoms with Gasteiger partial charge in [-0.3, -0.25) is 14.4 Å². The Bertz CT molecular complexity index is 991. The predicted molar refractivity (Wildman–Crippen MR) is 86.9 cm³/mol. The number of ether oxygens (including phenoxy) is 1. The maximum atomic E-state index is 11.9. The molecule has 0 atom stereocenters. The summed E-state index contributed by atoms with van der Waals surface area (Å²) in [7, 11) is 0. The zero-order chi connectivity index (χ0) is 17.8. The number of nitrogens with zero attached hydrogens (tertiary/aromatic N) is 2. The van der Waals surface area contributed by atoms with Gasteiger partial charge in [0.2, 0.25) is 0 Å². The number of aromatic nitrogens is 3. The number of carbonyl (C=O) groups excluding carboxylic acids is 2. The number of benzene rings is 1. The number of nitrogens with one attached hydrogen (secondary N) is 2. The second-order valence-electron chi connectivity index (χ2n) is 5.25. The van der Waals surface area contributed by atoms with Crippen molar-refractivity contribution in [2.24, 2.45) is 0 Å². The van der Waals surface area contributed by atoms with E-state index in [2.05, 4.69) is 20.7 Å². The fourth-order valence-electron chi connectivity index (χ4n) is 2.24. The van der Waals surface area contributed by atoms with E-state index in [9.17, 15) is 14.4 Å². The van der Waals surface area contributed by atoms with Gasteiger partial charge in [-0.25, -0.2) is 5.10 Å². The highest BCUT2D eigenvalue weighted by atomic mass is 16.5. The molecule has 128 valence electrons. The van der Waals surface area contributed by atoms with Gasteiger partial charge in [-0.2, -0.15) is 5.10 Å². The smallest absolute Gasteiger partial charge is 0.312 e. The highest BCUT2D eigenvalue weighted by Gasteiger charge is 2.14. The molecule has 0 saturated heterocycles. The van der Waals surface area contributed by atoms with Crippen molar-refractivity contribution < 1.29 is 18.8 Å². The molecule has 2 heterocycles. The SMILES string of the molecule is Cc1cc(NC(=O)COC(=O)Cc2n[nH]c(=O)c3ccccc23)no1. The van der Waals surface area contributed by atoms with E-state index in [0.29, 0.717) is 22.2 Å². The van der Waals surface area contributed by atoms with Gasteiger partial charge < -0.3 is 14.6 Å². The molecule has 9 heteroatoms. The van der Waals surface area contributed by atoms with Crippen molar-refractivity contribution in [2.75, 3.05) is 11.9 Å². The van der Waals surface area contributed by atoms with Gasteiger partial charge in [0, 0.05) is 11.5 Å². The van der Waals surface area contributed by atoms with Crippen LogP contribution in [-0.2, 0) is 20.7 Å². The number of carbonyl (C=O) groups is 2. The van der Waals surface area contributed by atoms with Crippen molar-refractivity contribution in [3.05, 3.63) is 52.1 Å². The summed E-state index contributed by atoms with van der Waals surface area (Å²) in [6.45, 7) is 1.22. The maximum Gasteiger partial charge on any atom is 0.312 e. The maximum absolute atomic E-state index is 11.9. The Morgan fingerprint density at radius 3 is 2.76 bits per heavy atom. The molecule has 1 aromatic carbocycles. The van der Waals surface area contributed by atoms with Crippen LogP contribution in [0.15, 0.2) is 39.6 Å². The van der Waals surface area contributed by atoms with Gasteiger partial charge in [-0.1, -0.05) is 23.4 Å². The molecule has 0 spiro atoms. The van der Waals surface area contributed by atoms with Crippen LogP contribution in [0.5, 0.6) is 0 Å². The highest BCUT2D eigenvalue weighted by molar-refractivity contribution is 5.92. The Balaban J connectivity index is 1.60. The summed E-state index contributed by atoms with van der Waals surface area (Å²) in [6, 6.07) is 8.33. The third kappa shape index (κ3) is 3.89. The number of H-pyrrole nitrogens is 1. The number of hydrogen-bond donors (Lipinski definition) is 2. The van der Waals surface area contributed by atoms with Crippen LogP contribution >= 0.6 is 0 Å². The number of anilines is 1. The van der Waals surface area contributed by atoms with E-state index >= 15 is 0 Å². The zero-order valence-electron chi connectivity index (χ0n) is 13.2. The van der Waals surface area contributed by atoms with Crippen molar-refractivity contribution in [1.82, 2.24) is 15.4 Å². The van der Waals surface area contributed by atoms with Crippen LogP contribution in [0.4, 0.5) is 5.82 Å². The lowest BCUT2D eigenvalue weighted by molar-refractivity contribution is -0.146. The van der Waals surface area contributed by atoms with Gasteiger partial charge in [0.1, 0.15) is 5.76 Å². The van der Waals surface area contributed by atoms with E-state index in [1.165, 1.54) is 6.07 Å². The molecule has 1 amide bonds. The Hall–Kier alpha value is -3.49. The molecular formula is C16H14N4O5. The number of esters is 1. The summed E-state index contributed by atoms with van der Waals surface area (Å²) in [6.07, 6.45) is -0.173. The molecule has 3 aromatic rings. The minimum atomic E-state index is -0.642. The van der Waals surface area contributed by atoms with Gasteiger partial charge in [0.05, 0.1) is 17.5 Å². The third-order valence-electron chi connectivity index (χ3n) is 3.35. The molecular weight excluding hydrogens is 328 g/mol. The van der Waals surface area contributed by atoms with Crippen LogP contribution in [0.3, 0.4) is 0 Å². The summed E-state index contributed by atoms with van der Waals surface area (Å²) < 4.78 is 9.74. The number of aryl methyl sites for hydroxylation is 1. The lowest BCUT2D eigenvalue weighted by atomic mass is 10.1. The number of aromatic amines is 1. The summed E-state index contributed by atoms with van der Waals surface area (Å²) in [5.74, 6) is -0.396. The molecule has 0 aliphatic carbocycles. The van der Waals surface area contributed by atoms with Crippen molar-refractivity contribution in [3.8, 4) is 0 Å². The summed E-state index contributed by atoms with van der Waals surface area (Å²) in [5, 5.41) is 13.2. The number of amides is 1. The van der Waals surface area contributed by atoms with E-state index in [1.807, 2.05) is 0 Å². The molecule has 0 radical (unpaired) electrons. The second kappa shape index (κ2) is 6.95. The molecule has 2 aromatic heterocycles. The second-order valence-corrected chi connectivity index (χ2v) is 5.25. The molecule has 0 saturated carbocycles. The minimum Gasteiger partial charge on any atom is -0.455 e. The first-order valence-electron chi connectivity index (χ1n) is 7.38. The Morgan fingerprint density at radius 2 is 2.04 bits per heavy atom. The van der Waals surface area contributed by atoms with E-state index < -0.39 is 18.5 Å². The molecule has 0 aliphatic rings. The van der Waals surface area contributed by atoms with Crippen LogP contribution < -0.4 is 10.9 Å². The summed E-state index contributed by atoms with van der Waals surface area (Å²) in [4.78, 5) is 35.3. The van der Waals surface area contributed by atoms with Gasteiger partial charge in [-0.15, -0.1) is 0 Å². The van der Waals surface area contributed by atoms with E-state index in [1.54, 1.807) is 31.2 Å². The number of fused-ring (bicyclic) bond motifs is 1. The fourth-order valence-corrected chi connectivity index (χ4v) is 2.24. The van der Waals surface area contributed by atoms with E-state index in [4.69, 9.17) is 9.26 Å². The average molecular weight is 342 g/mol. The minimum absolute atomic E-state index is 0.173. The van der Waals surface area contributed by atoms with E-state index in [-0.39, 0.29) is 17.8 Å². The lowest BCUT2D eigenvalue weighted by Gasteiger charge is -2.06. The van der Waals surface area contributed by atoms with Crippen molar-refractivity contribution in [3.63, 3.8) is 0 Å². The average Bonchev–Trinajstić information content (AvgIpc) is 3.01. The monoisotopic (exact) mass is 342 g/mol. The van der Waals surface area contributed by atoms with E-state index in [0.717, 1.165) is 0 Å². The molecule has 2 N–H and O–H groups in total. The van der Waals surface area contributed by atoms with Crippen LogP contribution in [0.2, 0.25) is 0 Å². The van der Waals surface area contributed by atoms with Crippen molar-refractivity contribution in [1.29, 1.82) is 0 Å².